The lowest BCUT2D eigenvalue weighted by Crippen LogP contribution is -1.99. The molecule has 0 fully saturated rings. The van der Waals surface area contributed by atoms with Crippen LogP contribution in [0.5, 0.6) is 6.01 Å². The minimum absolute atomic E-state index is 0.449. The molecule has 7 heteroatoms. The van der Waals surface area contributed by atoms with Crippen LogP contribution in [0.2, 0.25) is 0 Å². The molecule has 0 aliphatic rings. The van der Waals surface area contributed by atoms with Gasteiger partial charge in [-0.15, -0.1) is 0 Å². The molecule has 0 amide bonds. The molecule has 6 nitrogen and oxygen atoms in total. The van der Waals surface area contributed by atoms with Crippen molar-refractivity contribution in [1.82, 2.24) is 9.97 Å². The summed E-state index contributed by atoms with van der Waals surface area (Å²) < 4.78 is 29.1. The number of aromatic nitrogens is 2. The van der Waals surface area contributed by atoms with Gasteiger partial charge in [-0.2, -0.15) is 8.42 Å². The van der Waals surface area contributed by atoms with Gasteiger partial charge in [0.25, 0.3) is 10.1 Å². The Hall–Kier alpha value is -1.21. The SMILES string of the molecule is O=S(=O)(O)c1cnc(O)nc1. The molecule has 2 N–H and O–H groups in total. The van der Waals surface area contributed by atoms with Crippen LogP contribution >= 0.6 is 0 Å². The Morgan fingerprint density at radius 2 is 1.73 bits per heavy atom. The van der Waals surface area contributed by atoms with Crippen molar-refractivity contribution < 1.29 is 18.1 Å². The van der Waals surface area contributed by atoms with Gasteiger partial charge in [0.2, 0.25) is 0 Å². The maximum absolute atomic E-state index is 10.3. The fourth-order valence-electron chi connectivity index (χ4n) is 0.443. The van der Waals surface area contributed by atoms with Gasteiger partial charge >= 0.3 is 6.01 Å². The molecule has 1 rings (SSSR count). The first-order valence-electron chi connectivity index (χ1n) is 2.48. The van der Waals surface area contributed by atoms with E-state index in [1.54, 1.807) is 0 Å². The molecule has 0 aliphatic heterocycles. The molecule has 1 heterocycles. The van der Waals surface area contributed by atoms with Gasteiger partial charge in [0.15, 0.2) is 0 Å². The van der Waals surface area contributed by atoms with E-state index in [1.165, 1.54) is 0 Å². The molecule has 0 bridgehead atoms. The number of nitrogens with zero attached hydrogens (tertiary/aromatic N) is 2. The molecular weight excluding hydrogens is 172 g/mol. The maximum Gasteiger partial charge on any atom is 0.313 e. The second-order valence-electron chi connectivity index (χ2n) is 1.69. The highest BCUT2D eigenvalue weighted by Gasteiger charge is 2.09. The summed E-state index contributed by atoms with van der Waals surface area (Å²) in [7, 11) is -4.26. The molecule has 0 aromatic carbocycles. The van der Waals surface area contributed by atoms with Crippen molar-refractivity contribution in [3.05, 3.63) is 12.4 Å². The second-order valence-corrected chi connectivity index (χ2v) is 3.12. The third-order valence-corrected chi connectivity index (χ3v) is 1.72. The standard InChI is InChI=1S/C4H4N2O4S/c7-4-5-1-3(2-6-4)11(8,9)10/h1-2H,(H,5,6,7)(H,8,9,10). The van der Waals surface area contributed by atoms with E-state index in [4.69, 9.17) is 9.66 Å². The summed E-state index contributed by atoms with van der Waals surface area (Å²) in [6, 6.07) is -0.544. The van der Waals surface area contributed by atoms with Gasteiger partial charge in [0.1, 0.15) is 4.90 Å². The molecule has 0 spiro atoms. The fraction of sp³-hybridized carbons (Fsp3) is 0. The molecule has 0 atom stereocenters. The molecule has 0 saturated carbocycles. The Kier molecular flexibility index (Phi) is 1.75. The number of hydrogen-bond acceptors (Lipinski definition) is 5. The zero-order chi connectivity index (χ0) is 8.48. The van der Waals surface area contributed by atoms with Gasteiger partial charge < -0.3 is 5.11 Å². The second kappa shape index (κ2) is 2.44. The van der Waals surface area contributed by atoms with E-state index in [-0.39, 0.29) is 0 Å². The summed E-state index contributed by atoms with van der Waals surface area (Å²) in [6.45, 7) is 0. The highest BCUT2D eigenvalue weighted by atomic mass is 32.2. The van der Waals surface area contributed by atoms with Crippen LogP contribution < -0.4 is 0 Å². The molecule has 0 unspecified atom stereocenters. The van der Waals surface area contributed by atoms with Gasteiger partial charge in [0, 0.05) is 0 Å². The Bertz CT molecular complexity index is 343. The smallest absolute Gasteiger partial charge is 0.313 e. The van der Waals surface area contributed by atoms with Crippen molar-refractivity contribution in [2.75, 3.05) is 0 Å². The predicted octanol–water partition coefficient (Wildman–Crippen LogP) is -0.571. The molecule has 1 aromatic heterocycles. The minimum atomic E-state index is -4.26. The molecule has 60 valence electrons. The van der Waals surface area contributed by atoms with E-state index in [2.05, 4.69) is 9.97 Å². The quantitative estimate of drug-likeness (QED) is 0.555. The van der Waals surface area contributed by atoms with Crippen molar-refractivity contribution in [3.63, 3.8) is 0 Å². The van der Waals surface area contributed by atoms with Crippen LogP contribution in [0.25, 0.3) is 0 Å². The minimum Gasteiger partial charge on any atom is -0.479 e. The summed E-state index contributed by atoms with van der Waals surface area (Å²) >= 11 is 0. The van der Waals surface area contributed by atoms with Crippen molar-refractivity contribution in [2.24, 2.45) is 0 Å². The molecule has 1 aromatic rings. The number of rotatable bonds is 1. The molecular formula is C4H4N2O4S. The predicted molar refractivity (Wildman–Crippen MR) is 33.5 cm³/mol. The Balaban J connectivity index is 3.20. The third kappa shape index (κ3) is 1.85. The average Bonchev–Trinajstić information content (AvgIpc) is 1.86. The van der Waals surface area contributed by atoms with E-state index >= 15 is 0 Å². The Morgan fingerprint density at radius 3 is 2.09 bits per heavy atom. The van der Waals surface area contributed by atoms with Crippen molar-refractivity contribution in [1.29, 1.82) is 0 Å². The van der Waals surface area contributed by atoms with E-state index in [0.717, 1.165) is 12.4 Å². The molecule has 0 radical (unpaired) electrons. The topological polar surface area (TPSA) is 100 Å². The largest absolute Gasteiger partial charge is 0.479 e. The highest BCUT2D eigenvalue weighted by molar-refractivity contribution is 7.85. The van der Waals surface area contributed by atoms with Gasteiger partial charge in [0.05, 0.1) is 12.4 Å². The monoisotopic (exact) mass is 176 g/mol. The van der Waals surface area contributed by atoms with Crippen LogP contribution in [-0.4, -0.2) is 28.0 Å². The van der Waals surface area contributed by atoms with Crippen LogP contribution in [0.15, 0.2) is 17.3 Å². The first-order chi connectivity index (χ1) is 5.00. The first-order valence-corrected chi connectivity index (χ1v) is 3.92. The summed E-state index contributed by atoms with van der Waals surface area (Å²) in [5, 5.41) is 8.52. The van der Waals surface area contributed by atoms with E-state index in [0.29, 0.717) is 0 Å². The van der Waals surface area contributed by atoms with Crippen LogP contribution in [0.3, 0.4) is 0 Å². The van der Waals surface area contributed by atoms with E-state index in [9.17, 15) is 8.42 Å². The zero-order valence-electron chi connectivity index (χ0n) is 5.17. The summed E-state index contributed by atoms with van der Waals surface area (Å²) in [5.41, 5.74) is 0. The Morgan fingerprint density at radius 1 is 1.27 bits per heavy atom. The summed E-state index contributed by atoms with van der Waals surface area (Å²) in [6.07, 6.45) is 1.61. The van der Waals surface area contributed by atoms with Gasteiger partial charge in [-0.3, -0.25) is 4.55 Å². The lowest BCUT2D eigenvalue weighted by Gasteiger charge is -1.93. The van der Waals surface area contributed by atoms with Crippen molar-refractivity contribution >= 4 is 10.1 Å². The van der Waals surface area contributed by atoms with Gasteiger partial charge in [-0.25, -0.2) is 9.97 Å². The summed E-state index contributed by atoms with van der Waals surface area (Å²) in [5.74, 6) is 0. The molecule has 11 heavy (non-hydrogen) atoms. The van der Waals surface area contributed by atoms with Crippen LogP contribution in [0.4, 0.5) is 0 Å². The molecule has 0 aliphatic carbocycles. The van der Waals surface area contributed by atoms with Gasteiger partial charge in [-0.05, 0) is 0 Å². The van der Waals surface area contributed by atoms with Crippen LogP contribution in [0.1, 0.15) is 0 Å². The molecule has 0 saturated heterocycles. The van der Waals surface area contributed by atoms with E-state index in [1.807, 2.05) is 0 Å². The van der Waals surface area contributed by atoms with E-state index < -0.39 is 21.0 Å². The average molecular weight is 176 g/mol. The third-order valence-electron chi connectivity index (χ3n) is 0.912. The highest BCUT2D eigenvalue weighted by Crippen LogP contribution is 2.05. The normalized spacial score (nSPS) is 11.4. The van der Waals surface area contributed by atoms with Crippen molar-refractivity contribution in [2.45, 2.75) is 4.90 Å². The number of aromatic hydroxyl groups is 1. The lowest BCUT2D eigenvalue weighted by molar-refractivity contribution is 0.427. The lowest BCUT2D eigenvalue weighted by atomic mass is 10.7. The van der Waals surface area contributed by atoms with Crippen molar-refractivity contribution in [3.8, 4) is 6.01 Å². The Labute approximate surface area is 62.3 Å². The van der Waals surface area contributed by atoms with Gasteiger partial charge in [-0.1, -0.05) is 0 Å². The maximum atomic E-state index is 10.3. The van der Waals surface area contributed by atoms with Crippen LogP contribution in [-0.2, 0) is 10.1 Å². The fourth-order valence-corrected chi connectivity index (χ4v) is 0.814. The number of hydrogen-bond donors (Lipinski definition) is 2. The van der Waals surface area contributed by atoms with Crippen LogP contribution in [0, 0.1) is 0 Å². The zero-order valence-corrected chi connectivity index (χ0v) is 5.98. The first kappa shape index (κ1) is 7.89. The summed E-state index contributed by atoms with van der Waals surface area (Å²) in [4.78, 5) is 5.85.